The third kappa shape index (κ3) is 25.7. The number of hydrogen-bond donors (Lipinski definition) is 1. The Morgan fingerprint density at radius 3 is 0.349 bits per heavy atom. The molecule has 0 heterocycles. The smallest absolute Gasteiger partial charge is 0.512 e. The van der Waals surface area contributed by atoms with E-state index in [1.54, 1.807) is 12.2 Å². The SMILES string of the molecule is CC(C)(C)C1=CC(OO)(C(C)(C)C)C=C(C(C)(C)C)C1=O.[C-]#N.[C-]#N.[C-]#N.[C-]#N.[C-]#N.[Co+2].c1ccc(P(=[N+]=P(c2ccccc2)(c2ccccc2)c2ccccc2)(c2ccccc2)c2ccccc2)cc1.c1ccc(P(=[N+]=P(c2ccccc2)(c2ccccc2)c2ccccc2)(c2ccccc2)c2ccccc2)cc1.c1ccc(P(=[N+]=P(c2ccccc2)(c2ccccc2)c2ccccc2)(c2ccccc2)c2ccccc2)cc1. The van der Waals surface area contributed by atoms with Crippen molar-refractivity contribution < 1.29 is 31.7 Å². The zero-order chi connectivity index (χ0) is 106. The van der Waals surface area contributed by atoms with Crippen LogP contribution < -0.4 is 108 Å². The van der Waals surface area contributed by atoms with Crippen molar-refractivity contribution in [3.8, 4) is 0 Å². The fraction of sp³-hybridized carbons (Fsp3) is 0.0992. The number of hydrogen-bond acceptors (Lipinski definition) is 8. The fourth-order valence-electron chi connectivity index (χ4n) is 18.3. The van der Waals surface area contributed by atoms with Crippen LogP contribution in [0, 0.1) is 75.4 Å². The van der Waals surface area contributed by atoms with Crippen LogP contribution in [-0.2, 0) is 26.5 Å². The van der Waals surface area contributed by atoms with Gasteiger partial charge in [-0.25, -0.2) is 4.89 Å². The Labute approximate surface area is 893 Å². The molecule has 1 N–H and O–H groups in total. The normalized spacial score (nSPS) is 11.9. The minimum Gasteiger partial charge on any atom is -0.512 e. The van der Waals surface area contributed by atoms with E-state index in [0.717, 1.165) is 0 Å². The Morgan fingerprint density at radius 2 is 0.282 bits per heavy atom. The Hall–Kier alpha value is -15.3. The molecule has 18 aromatic carbocycles. The second kappa shape index (κ2) is 55.5. The molecule has 0 saturated heterocycles. The summed E-state index contributed by atoms with van der Waals surface area (Å²) in [4.78, 5) is 17.8. The van der Waals surface area contributed by atoms with Crippen molar-refractivity contribution in [3.63, 3.8) is 0 Å². The molecule has 18 aromatic rings. The van der Waals surface area contributed by atoms with Gasteiger partial charge in [-0.15, -0.1) is 12.5 Å². The third-order valence-electron chi connectivity index (χ3n) is 25.3. The molecule has 0 unspecified atom stereocenters. The van der Waals surface area contributed by atoms with Gasteiger partial charge in [0, 0.05) is 16.6 Å². The minimum absolute atomic E-state index is 0. The molecule has 0 spiro atoms. The summed E-state index contributed by atoms with van der Waals surface area (Å²) in [6, 6.07) is 197. The number of ketones is 1. The predicted octanol–water partition coefficient (Wildman–Crippen LogP) is 24.5. The average molecular weight is 2100 g/mol. The quantitative estimate of drug-likeness (QED) is 0.0270. The van der Waals surface area contributed by atoms with Crippen molar-refractivity contribution in [2.24, 2.45) is 16.2 Å². The maximum atomic E-state index is 12.9. The molecular formula is C131H120CoN8O3P6. The van der Waals surface area contributed by atoms with Crippen LogP contribution in [0.3, 0.4) is 0 Å². The van der Waals surface area contributed by atoms with E-state index in [2.05, 4.69) is 546 Å². The number of Topliss-reactive ketones (excluding diaryl/α,β-unsaturated/α-hetero) is 1. The summed E-state index contributed by atoms with van der Waals surface area (Å²) in [7, 11) is -15.0. The number of nitrogens with zero attached hydrogens (tertiary/aromatic N) is 8. The zero-order valence-electron chi connectivity index (χ0n) is 85.0. The topological polar surface area (TPSA) is 208 Å². The number of allylic oxidation sites excluding steroid dienone is 2. The van der Waals surface area contributed by atoms with Gasteiger partial charge in [0.1, 0.15) is 5.60 Å². The molecule has 0 bridgehead atoms. The van der Waals surface area contributed by atoms with E-state index in [9.17, 15) is 10.1 Å². The Morgan fingerprint density at radius 1 is 0.195 bits per heavy atom. The average Bonchev–Trinajstić information content (AvgIpc) is 0.724. The monoisotopic (exact) mass is 2100 g/mol. The maximum Gasteiger partial charge on any atom is 2.00 e. The van der Waals surface area contributed by atoms with E-state index >= 15 is 0 Å². The van der Waals surface area contributed by atoms with E-state index in [4.69, 9.17) is 76.6 Å². The van der Waals surface area contributed by atoms with Gasteiger partial charge in [-0.05, 0) is 241 Å². The second-order valence-corrected chi connectivity index (χ2v) is 56.3. The first kappa shape index (κ1) is 116. The van der Waals surface area contributed by atoms with Crippen LogP contribution in [0.2, 0.25) is 0 Å². The maximum absolute atomic E-state index is 12.9. The molecule has 0 atom stereocenters. The first-order valence-corrected chi connectivity index (χ1v) is 58.7. The molecule has 1 aliphatic rings. The molecule has 149 heavy (non-hydrogen) atoms. The molecule has 741 valence electrons. The van der Waals surface area contributed by atoms with Gasteiger partial charge in [-0.3, -0.25) is 10.1 Å². The standard InChI is InChI=1S/3C36H30NP2.C18H30O3.5CN.Co/c3*1-7-19-31(20-8-1)38(32-21-9-2-10-22-32,33-23-11-3-12-24-33)37-39(34-25-13-4-14-26-34,35-27-15-5-16-28-35)36-29-17-6-18-30-36;1-15(2,3)12-10-18(21-20,17(7,8)9)11-13(14(12)19)16(4,5)6;5*1-2;/h3*1-30H;10-11,20H,1-9H3;;;;;;/q3*+1;;5*-1;+2. The van der Waals surface area contributed by atoms with Crippen molar-refractivity contribution >= 4 is 144 Å². The van der Waals surface area contributed by atoms with Gasteiger partial charge in [0.05, 0.1) is 95.5 Å². The summed E-state index contributed by atoms with van der Waals surface area (Å²) in [5.74, 6) is 0.0481. The summed E-state index contributed by atoms with van der Waals surface area (Å²) in [5, 5.41) is 63.5. The number of rotatable bonds is 19. The van der Waals surface area contributed by atoms with E-state index in [0.29, 0.717) is 11.1 Å². The van der Waals surface area contributed by atoms with E-state index < -0.39 is 47.9 Å². The molecule has 0 fully saturated rings. The van der Waals surface area contributed by atoms with Gasteiger partial charge in [0.15, 0.2) is 5.78 Å². The summed E-state index contributed by atoms with van der Waals surface area (Å²) in [6.45, 7) is 41.8. The second-order valence-electron chi connectivity index (χ2n) is 37.2. The third-order valence-corrected chi connectivity index (χ3v) is 50.5. The van der Waals surface area contributed by atoms with Crippen molar-refractivity contribution in [1.29, 1.82) is 26.3 Å². The molecule has 0 amide bonds. The number of benzene rings is 18. The first-order chi connectivity index (χ1) is 72.2. The van der Waals surface area contributed by atoms with Crippen LogP contribution in [0.15, 0.2) is 569 Å². The largest absolute Gasteiger partial charge is 2.00 e. The Balaban J connectivity index is 0.000000201. The van der Waals surface area contributed by atoms with Crippen LogP contribution >= 0.6 is 42.3 Å². The first-order valence-electron chi connectivity index (χ1n) is 48.2. The molecule has 18 heteroatoms. The van der Waals surface area contributed by atoms with Crippen LogP contribution in [0.25, 0.3) is 0 Å². The van der Waals surface area contributed by atoms with E-state index in [1.807, 2.05) is 62.3 Å². The van der Waals surface area contributed by atoms with Gasteiger partial charge in [-0.2, -0.15) is 0 Å². The van der Waals surface area contributed by atoms with Crippen LogP contribution in [0.4, 0.5) is 0 Å². The summed E-state index contributed by atoms with van der Waals surface area (Å²) in [6.07, 6.45) is 3.59. The number of carbonyl (C=O) groups excluding carboxylic acids is 1. The Kier molecular flexibility index (Phi) is 43.0. The Bertz CT molecular complexity index is 6100. The molecular weight excluding hydrogens is 1980 g/mol. The number of carbonyl (C=O) groups is 1. The molecule has 0 aliphatic heterocycles. The van der Waals surface area contributed by atoms with Gasteiger partial charge in [-0.1, -0.05) is 390 Å². The van der Waals surface area contributed by atoms with Crippen molar-refractivity contribution in [2.75, 3.05) is 0 Å². The summed E-state index contributed by atoms with van der Waals surface area (Å²) >= 11 is 0. The van der Waals surface area contributed by atoms with Crippen molar-refractivity contribution in [1.82, 2.24) is 12.5 Å². The van der Waals surface area contributed by atoms with Gasteiger partial charge in [0.25, 0.3) is 0 Å². The zero-order valence-corrected chi connectivity index (χ0v) is 91.4. The molecule has 1 aliphatic carbocycles. The predicted molar refractivity (Wildman–Crippen MR) is 628 cm³/mol. The molecule has 11 nitrogen and oxygen atoms in total. The molecule has 1 radical (unpaired) electrons. The van der Waals surface area contributed by atoms with Crippen molar-refractivity contribution in [3.05, 3.63) is 602 Å². The summed E-state index contributed by atoms with van der Waals surface area (Å²) in [5.41, 5.74) is -0.604. The van der Waals surface area contributed by atoms with E-state index in [-0.39, 0.29) is 38.8 Å². The van der Waals surface area contributed by atoms with Crippen LogP contribution in [0.1, 0.15) is 62.3 Å². The molecule has 0 saturated carbocycles. The van der Waals surface area contributed by atoms with Crippen molar-refractivity contribution in [2.45, 2.75) is 67.9 Å². The van der Waals surface area contributed by atoms with Crippen LogP contribution in [-0.4, -0.2) is 16.6 Å². The molecule has 19 rings (SSSR count). The van der Waals surface area contributed by atoms with Crippen LogP contribution in [0.5, 0.6) is 0 Å². The van der Waals surface area contributed by atoms with E-state index in [1.165, 1.54) is 95.5 Å². The minimum atomic E-state index is -2.50. The van der Waals surface area contributed by atoms with Gasteiger partial charge >= 0.3 is 59.1 Å². The molecule has 0 aromatic heterocycles. The van der Waals surface area contributed by atoms with Gasteiger partial charge < -0.3 is 59.2 Å². The van der Waals surface area contributed by atoms with Gasteiger partial charge in [0.2, 0.25) is 0 Å². The fourth-order valence-corrected chi connectivity index (χ4v) is 46.8. The summed E-state index contributed by atoms with van der Waals surface area (Å²) < 4.78 is 19.1.